The molecule has 0 aliphatic heterocycles. The van der Waals surface area contributed by atoms with Crippen LogP contribution in [-0.2, 0) is 0 Å². The Bertz CT molecular complexity index is 666. The molecule has 1 aromatic carbocycles. The van der Waals surface area contributed by atoms with E-state index in [1.54, 1.807) is 11.3 Å². The Balaban J connectivity index is 0.000000239. The van der Waals surface area contributed by atoms with Gasteiger partial charge in [0.15, 0.2) is 0 Å². The van der Waals surface area contributed by atoms with E-state index in [9.17, 15) is 0 Å². The quantitative estimate of drug-likeness (QED) is 0.638. The lowest BCUT2D eigenvalue weighted by Crippen LogP contribution is -1.86. The summed E-state index contributed by atoms with van der Waals surface area (Å²) in [6.45, 7) is 5.98. The van der Waals surface area contributed by atoms with Crippen molar-refractivity contribution in [2.45, 2.75) is 20.8 Å². The lowest BCUT2D eigenvalue weighted by atomic mass is 10.1. The predicted octanol–water partition coefficient (Wildman–Crippen LogP) is 4.68. The molecule has 1 aromatic heterocycles. The summed E-state index contributed by atoms with van der Waals surface area (Å²) in [4.78, 5) is 5.33. The van der Waals surface area contributed by atoms with Crippen molar-refractivity contribution in [1.82, 2.24) is 4.98 Å². The number of anilines is 1. The molecule has 2 aromatic rings. The third-order valence-electron chi connectivity index (χ3n) is 2.76. The zero-order valence-electron chi connectivity index (χ0n) is 13.3. The molecule has 0 amide bonds. The first kappa shape index (κ1) is 17.7. The van der Waals surface area contributed by atoms with Gasteiger partial charge < -0.3 is 11.5 Å². The summed E-state index contributed by atoms with van der Waals surface area (Å²) < 4.78 is 0. The molecule has 2 rings (SSSR count). The highest BCUT2D eigenvalue weighted by molar-refractivity contribution is 7.15. The van der Waals surface area contributed by atoms with Crippen molar-refractivity contribution in [3.8, 4) is 10.4 Å². The maximum atomic E-state index is 5.84. The minimum Gasteiger partial charge on any atom is -0.405 e. The molecule has 0 spiro atoms. The van der Waals surface area contributed by atoms with E-state index in [0.29, 0.717) is 0 Å². The Labute approximate surface area is 136 Å². The topological polar surface area (TPSA) is 64.9 Å². The van der Waals surface area contributed by atoms with Crippen molar-refractivity contribution in [3.05, 3.63) is 71.5 Å². The second-order valence-electron chi connectivity index (χ2n) is 4.63. The van der Waals surface area contributed by atoms with Gasteiger partial charge in [-0.2, -0.15) is 0 Å². The fraction of sp³-hybridized carbons (Fsp3) is 0.167. The van der Waals surface area contributed by atoms with E-state index in [4.69, 9.17) is 11.5 Å². The maximum Gasteiger partial charge on any atom is 0.0900 e. The second-order valence-corrected chi connectivity index (χ2v) is 5.86. The van der Waals surface area contributed by atoms with Gasteiger partial charge in [0.2, 0.25) is 0 Å². The number of aryl methyl sites for hydroxylation is 1. The number of nitrogen functional groups attached to an aromatic ring is 1. The van der Waals surface area contributed by atoms with E-state index in [2.05, 4.69) is 4.98 Å². The smallest absolute Gasteiger partial charge is 0.0900 e. The number of benzene rings is 1. The molecule has 0 saturated carbocycles. The number of allylic oxidation sites excluding steroid dienone is 5. The Morgan fingerprint density at radius 1 is 1.27 bits per heavy atom. The van der Waals surface area contributed by atoms with Crippen LogP contribution in [0.4, 0.5) is 5.69 Å². The van der Waals surface area contributed by atoms with Crippen LogP contribution in [-0.4, -0.2) is 4.98 Å². The van der Waals surface area contributed by atoms with Crippen molar-refractivity contribution in [2.24, 2.45) is 5.73 Å². The zero-order chi connectivity index (χ0) is 16.4. The SMILES string of the molecule is C\C=C/C=C(C)\C=C\N.Cc1ncc(-c2ccccc2N)s1. The Morgan fingerprint density at radius 2 is 2.00 bits per heavy atom. The number of thiazole rings is 1. The number of hydrogen-bond acceptors (Lipinski definition) is 4. The minimum absolute atomic E-state index is 0.811. The van der Waals surface area contributed by atoms with Crippen LogP contribution in [0, 0.1) is 6.92 Å². The first-order valence-electron chi connectivity index (χ1n) is 7.03. The lowest BCUT2D eigenvalue weighted by Gasteiger charge is -1.99. The van der Waals surface area contributed by atoms with Crippen molar-refractivity contribution < 1.29 is 0 Å². The van der Waals surface area contributed by atoms with Gasteiger partial charge in [-0.05, 0) is 44.7 Å². The molecule has 0 saturated heterocycles. The predicted molar refractivity (Wildman–Crippen MR) is 98.6 cm³/mol. The molecule has 4 N–H and O–H groups in total. The number of hydrogen-bond donors (Lipinski definition) is 2. The van der Waals surface area contributed by atoms with E-state index >= 15 is 0 Å². The lowest BCUT2D eigenvalue weighted by molar-refractivity contribution is 1.30. The van der Waals surface area contributed by atoms with Crippen molar-refractivity contribution >= 4 is 17.0 Å². The van der Waals surface area contributed by atoms with E-state index in [1.807, 2.05) is 75.5 Å². The van der Waals surface area contributed by atoms with Crippen molar-refractivity contribution in [3.63, 3.8) is 0 Å². The Morgan fingerprint density at radius 3 is 2.55 bits per heavy atom. The molecule has 116 valence electrons. The Hall–Kier alpha value is -2.33. The molecule has 0 bridgehead atoms. The average molecular weight is 313 g/mol. The van der Waals surface area contributed by atoms with E-state index in [-0.39, 0.29) is 0 Å². The van der Waals surface area contributed by atoms with Gasteiger partial charge >= 0.3 is 0 Å². The molecule has 22 heavy (non-hydrogen) atoms. The molecule has 0 atom stereocenters. The van der Waals surface area contributed by atoms with Gasteiger partial charge in [0.1, 0.15) is 0 Å². The summed E-state index contributed by atoms with van der Waals surface area (Å²) in [6.07, 6.45) is 11.2. The van der Waals surface area contributed by atoms with E-state index in [1.165, 1.54) is 6.20 Å². The number of rotatable bonds is 3. The van der Waals surface area contributed by atoms with Crippen LogP contribution < -0.4 is 11.5 Å². The molecular weight excluding hydrogens is 290 g/mol. The first-order chi connectivity index (χ1) is 10.6. The van der Waals surface area contributed by atoms with Gasteiger partial charge in [0.05, 0.1) is 9.88 Å². The molecule has 0 radical (unpaired) electrons. The third-order valence-corrected chi connectivity index (χ3v) is 3.70. The first-order valence-corrected chi connectivity index (χ1v) is 7.85. The number of aromatic nitrogens is 1. The molecule has 0 unspecified atom stereocenters. The molecular formula is C18H23N3S. The average Bonchev–Trinajstić information content (AvgIpc) is 2.93. The second kappa shape index (κ2) is 9.58. The highest BCUT2D eigenvalue weighted by atomic mass is 32.1. The fourth-order valence-electron chi connectivity index (χ4n) is 1.66. The molecule has 0 fully saturated rings. The van der Waals surface area contributed by atoms with Crippen LogP contribution in [0.15, 0.2) is 66.5 Å². The van der Waals surface area contributed by atoms with Gasteiger partial charge in [-0.1, -0.05) is 36.4 Å². The largest absolute Gasteiger partial charge is 0.405 e. The zero-order valence-corrected chi connectivity index (χ0v) is 14.1. The van der Waals surface area contributed by atoms with Crippen molar-refractivity contribution in [1.29, 1.82) is 0 Å². The van der Waals surface area contributed by atoms with Crippen LogP contribution in [0.1, 0.15) is 18.9 Å². The standard InChI is InChI=1S/C10H10N2S.C8H13N/c1-7-12-6-10(13-7)8-4-2-3-5-9(8)11;1-3-4-5-8(2)6-7-9/h2-6H,11H2,1H3;3-7H,9H2,1-2H3/b;4-3-,7-6+,8-5-. The maximum absolute atomic E-state index is 5.84. The molecule has 0 aliphatic carbocycles. The summed E-state index contributed by atoms with van der Waals surface area (Å²) in [7, 11) is 0. The van der Waals surface area contributed by atoms with E-state index in [0.717, 1.165) is 26.7 Å². The highest BCUT2D eigenvalue weighted by Gasteiger charge is 2.03. The molecule has 3 nitrogen and oxygen atoms in total. The summed E-state index contributed by atoms with van der Waals surface area (Å²) >= 11 is 1.66. The fourth-order valence-corrected chi connectivity index (χ4v) is 2.49. The normalized spacial score (nSPS) is 11.7. The molecule has 1 heterocycles. The van der Waals surface area contributed by atoms with Gasteiger partial charge in [0.25, 0.3) is 0 Å². The summed E-state index contributed by atoms with van der Waals surface area (Å²) in [5, 5.41) is 1.07. The summed E-state index contributed by atoms with van der Waals surface area (Å²) in [5.41, 5.74) is 14.0. The molecule has 0 aliphatic rings. The number of nitrogens with two attached hydrogens (primary N) is 2. The molecule has 4 heteroatoms. The van der Waals surface area contributed by atoms with Gasteiger partial charge in [0, 0.05) is 17.4 Å². The van der Waals surface area contributed by atoms with Gasteiger partial charge in [-0.25, -0.2) is 4.98 Å². The third kappa shape index (κ3) is 5.97. The monoisotopic (exact) mass is 313 g/mol. The van der Waals surface area contributed by atoms with Crippen LogP contribution >= 0.6 is 11.3 Å². The van der Waals surface area contributed by atoms with Crippen LogP contribution in [0.5, 0.6) is 0 Å². The van der Waals surface area contributed by atoms with Crippen LogP contribution in [0.3, 0.4) is 0 Å². The van der Waals surface area contributed by atoms with Crippen LogP contribution in [0.25, 0.3) is 10.4 Å². The van der Waals surface area contributed by atoms with Gasteiger partial charge in [-0.15, -0.1) is 11.3 Å². The van der Waals surface area contributed by atoms with Gasteiger partial charge in [-0.3, -0.25) is 0 Å². The number of nitrogens with zero attached hydrogens (tertiary/aromatic N) is 1. The van der Waals surface area contributed by atoms with E-state index < -0.39 is 0 Å². The van der Waals surface area contributed by atoms with Crippen LogP contribution in [0.2, 0.25) is 0 Å². The minimum atomic E-state index is 0.811. The van der Waals surface area contributed by atoms with Crippen molar-refractivity contribution in [2.75, 3.05) is 5.73 Å². The Kier molecular flexibility index (Phi) is 7.72. The summed E-state index contributed by atoms with van der Waals surface area (Å²) in [6, 6.07) is 7.85. The number of para-hydroxylation sites is 1. The highest BCUT2D eigenvalue weighted by Crippen LogP contribution is 2.29. The summed E-state index contributed by atoms with van der Waals surface area (Å²) in [5.74, 6) is 0.